The molecule has 2 N–H and O–H groups in total. The minimum atomic E-state index is -4.71. The second-order valence-electron chi connectivity index (χ2n) is 7.39. The van der Waals surface area contributed by atoms with Crippen LogP contribution in [0.15, 0.2) is 24.3 Å². The molecular formula is C19H27F3N2O2. The van der Waals surface area contributed by atoms with Gasteiger partial charge in [-0.05, 0) is 30.5 Å². The molecule has 4 nitrogen and oxygen atoms in total. The fraction of sp³-hybridized carbons (Fsp3) is 0.684. The second-order valence-corrected chi connectivity index (χ2v) is 7.39. The van der Waals surface area contributed by atoms with Crippen LogP contribution in [0.5, 0.6) is 5.75 Å². The number of nitrogens with one attached hydrogen (secondary N) is 1. The molecule has 7 heteroatoms. The third kappa shape index (κ3) is 5.11. The Hall–Kier alpha value is -1.31. The molecule has 2 fully saturated rings. The van der Waals surface area contributed by atoms with Gasteiger partial charge in [-0.15, -0.1) is 13.2 Å². The molecule has 1 saturated carbocycles. The first-order valence-electron chi connectivity index (χ1n) is 9.37. The number of benzene rings is 1. The van der Waals surface area contributed by atoms with Crippen LogP contribution in [-0.4, -0.2) is 54.7 Å². The number of rotatable bonds is 5. The highest BCUT2D eigenvalue weighted by atomic mass is 19.4. The summed E-state index contributed by atoms with van der Waals surface area (Å²) in [4.78, 5) is 2.28. The van der Waals surface area contributed by atoms with Crippen LogP contribution in [0.2, 0.25) is 0 Å². The molecule has 0 bridgehead atoms. The summed E-state index contributed by atoms with van der Waals surface area (Å²) in [5, 5.41) is 14.6. The summed E-state index contributed by atoms with van der Waals surface area (Å²) in [5.41, 5.74) is -0.158. The summed E-state index contributed by atoms with van der Waals surface area (Å²) in [7, 11) is 0. The molecule has 0 aromatic heterocycles. The highest BCUT2D eigenvalue weighted by Crippen LogP contribution is 2.41. The van der Waals surface area contributed by atoms with Gasteiger partial charge >= 0.3 is 6.36 Å². The maximum absolute atomic E-state index is 12.6. The van der Waals surface area contributed by atoms with E-state index in [1.54, 1.807) is 6.07 Å². The van der Waals surface area contributed by atoms with Gasteiger partial charge < -0.3 is 20.1 Å². The lowest BCUT2D eigenvalue weighted by atomic mass is 9.72. The third-order valence-electron chi connectivity index (χ3n) is 5.51. The highest BCUT2D eigenvalue weighted by molar-refractivity contribution is 5.33. The number of ether oxygens (including phenoxy) is 1. The maximum atomic E-state index is 12.6. The normalized spacial score (nSPS) is 22.8. The lowest BCUT2D eigenvalue weighted by Gasteiger charge is -2.42. The van der Waals surface area contributed by atoms with Crippen molar-refractivity contribution < 1.29 is 23.0 Å². The Labute approximate surface area is 152 Å². The van der Waals surface area contributed by atoms with E-state index in [4.69, 9.17) is 0 Å². The van der Waals surface area contributed by atoms with E-state index in [2.05, 4.69) is 15.0 Å². The van der Waals surface area contributed by atoms with Crippen molar-refractivity contribution in [2.24, 2.45) is 0 Å². The van der Waals surface area contributed by atoms with Crippen molar-refractivity contribution in [1.29, 1.82) is 0 Å². The van der Waals surface area contributed by atoms with Crippen LogP contribution in [0, 0.1) is 0 Å². The van der Waals surface area contributed by atoms with E-state index in [0.29, 0.717) is 19.4 Å². The van der Waals surface area contributed by atoms with Crippen molar-refractivity contribution >= 4 is 0 Å². The number of hydrogen-bond donors (Lipinski definition) is 2. The van der Waals surface area contributed by atoms with Crippen LogP contribution in [0.4, 0.5) is 13.2 Å². The first kappa shape index (κ1) is 19.5. The van der Waals surface area contributed by atoms with Gasteiger partial charge in [0.15, 0.2) is 0 Å². The molecule has 0 spiro atoms. The van der Waals surface area contributed by atoms with Crippen molar-refractivity contribution in [2.75, 3.05) is 32.7 Å². The molecule has 3 rings (SSSR count). The predicted molar refractivity (Wildman–Crippen MR) is 93.2 cm³/mol. The van der Waals surface area contributed by atoms with Crippen molar-refractivity contribution in [2.45, 2.75) is 50.0 Å². The molecular weight excluding hydrogens is 345 g/mol. The lowest BCUT2D eigenvalue weighted by Crippen LogP contribution is -2.49. The van der Waals surface area contributed by atoms with E-state index in [-0.39, 0.29) is 11.7 Å². The standard InChI is InChI=1S/C19H27F3N2O2/c20-19(21,22)26-16-6-4-5-15(13-16)17(14-24-11-9-23-10-12-24)18(25)7-2-1-3-8-18/h4-6,13,17,23,25H,1-3,7-12,14H2/t17-/m1/s1. The summed E-state index contributed by atoms with van der Waals surface area (Å²) in [6.07, 6.45) is -0.336. The zero-order valence-electron chi connectivity index (χ0n) is 14.9. The van der Waals surface area contributed by atoms with Gasteiger partial charge in [0.25, 0.3) is 0 Å². The second kappa shape index (κ2) is 8.15. The Bertz CT molecular complexity index is 582. The van der Waals surface area contributed by atoms with Crippen LogP contribution >= 0.6 is 0 Å². The zero-order valence-corrected chi connectivity index (χ0v) is 14.9. The molecule has 0 radical (unpaired) electrons. The average Bonchev–Trinajstić information content (AvgIpc) is 2.60. The highest BCUT2D eigenvalue weighted by Gasteiger charge is 2.40. The van der Waals surface area contributed by atoms with Crippen LogP contribution in [0.1, 0.15) is 43.6 Å². The topological polar surface area (TPSA) is 44.7 Å². The molecule has 1 aliphatic heterocycles. The minimum absolute atomic E-state index is 0.222. The van der Waals surface area contributed by atoms with E-state index in [1.165, 1.54) is 12.1 Å². The minimum Gasteiger partial charge on any atom is -0.406 e. The zero-order chi connectivity index (χ0) is 18.6. The van der Waals surface area contributed by atoms with E-state index >= 15 is 0 Å². The van der Waals surface area contributed by atoms with Crippen LogP contribution < -0.4 is 10.1 Å². The SMILES string of the molecule is OC1([C@H](CN2CCNCC2)c2cccc(OC(F)(F)F)c2)CCCCC1. The number of piperazine rings is 1. The third-order valence-corrected chi connectivity index (χ3v) is 5.51. The molecule has 146 valence electrons. The fourth-order valence-electron chi connectivity index (χ4n) is 4.18. The smallest absolute Gasteiger partial charge is 0.406 e. The molecule has 1 aromatic rings. The molecule has 1 aromatic carbocycles. The van der Waals surface area contributed by atoms with Gasteiger partial charge in [0.05, 0.1) is 5.60 Å². The Kier molecular flexibility index (Phi) is 6.10. The quantitative estimate of drug-likeness (QED) is 0.833. The number of halogens is 3. The van der Waals surface area contributed by atoms with Gasteiger partial charge in [-0.2, -0.15) is 0 Å². The van der Waals surface area contributed by atoms with Crippen LogP contribution in [0.3, 0.4) is 0 Å². The Morgan fingerprint density at radius 3 is 2.50 bits per heavy atom. The van der Waals surface area contributed by atoms with Crippen molar-refractivity contribution in [3.8, 4) is 5.75 Å². The van der Waals surface area contributed by atoms with Crippen LogP contribution in [0.25, 0.3) is 0 Å². The molecule has 26 heavy (non-hydrogen) atoms. The summed E-state index contributed by atoms with van der Waals surface area (Å²) in [5.74, 6) is -0.447. The Morgan fingerprint density at radius 1 is 1.15 bits per heavy atom. The molecule has 0 unspecified atom stereocenters. The van der Waals surface area contributed by atoms with E-state index < -0.39 is 12.0 Å². The first-order valence-corrected chi connectivity index (χ1v) is 9.37. The molecule has 0 amide bonds. The number of alkyl halides is 3. The fourth-order valence-corrected chi connectivity index (χ4v) is 4.18. The summed E-state index contributed by atoms with van der Waals surface area (Å²) < 4.78 is 41.9. The van der Waals surface area contributed by atoms with Crippen molar-refractivity contribution in [3.05, 3.63) is 29.8 Å². The molecule has 1 aliphatic carbocycles. The van der Waals surface area contributed by atoms with Gasteiger partial charge in [0, 0.05) is 38.6 Å². The van der Waals surface area contributed by atoms with Crippen molar-refractivity contribution in [1.82, 2.24) is 10.2 Å². The van der Waals surface area contributed by atoms with Gasteiger partial charge in [0.2, 0.25) is 0 Å². The van der Waals surface area contributed by atoms with Gasteiger partial charge in [-0.25, -0.2) is 0 Å². The number of nitrogens with zero attached hydrogens (tertiary/aromatic N) is 1. The van der Waals surface area contributed by atoms with Gasteiger partial charge in [-0.3, -0.25) is 0 Å². The Balaban J connectivity index is 1.85. The predicted octanol–water partition coefficient (Wildman–Crippen LogP) is 3.27. The van der Waals surface area contributed by atoms with Crippen molar-refractivity contribution in [3.63, 3.8) is 0 Å². The summed E-state index contributed by atoms with van der Waals surface area (Å²) >= 11 is 0. The van der Waals surface area contributed by atoms with Gasteiger partial charge in [0.1, 0.15) is 5.75 Å². The van der Waals surface area contributed by atoms with E-state index in [9.17, 15) is 18.3 Å². The summed E-state index contributed by atoms with van der Waals surface area (Å²) in [6.45, 7) is 4.19. The number of aliphatic hydroxyl groups is 1. The van der Waals surface area contributed by atoms with E-state index in [1.807, 2.05) is 6.07 Å². The molecule has 1 saturated heterocycles. The lowest BCUT2D eigenvalue weighted by molar-refractivity contribution is -0.274. The number of hydrogen-bond acceptors (Lipinski definition) is 4. The van der Waals surface area contributed by atoms with E-state index in [0.717, 1.165) is 51.0 Å². The average molecular weight is 372 g/mol. The van der Waals surface area contributed by atoms with Crippen LogP contribution in [-0.2, 0) is 0 Å². The Morgan fingerprint density at radius 2 is 1.85 bits per heavy atom. The molecule has 2 aliphatic rings. The molecule has 1 heterocycles. The first-order chi connectivity index (χ1) is 12.4. The molecule has 1 atom stereocenters. The summed E-state index contributed by atoms with van der Waals surface area (Å²) in [6, 6.07) is 6.13. The maximum Gasteiger partial charge on any atom is 0.573 e. The largest absolute Gasteiger partial charge is 0.573 e. The van der Waals surface area contributed by atoms with Gasteiger partial charge in [-0.1, -0.05) is 31.4 Å². The monoisotopic (exact) mass is 372 g/mol.